The summed E-state index contributed by atoms with van der Waals surface area (Å²) in [5, 5.41) is 4.43. The summed E-state index contributed by atoms with van der Waals surface area (Å²) in [6.07, 6.45) is 0.611. The number of urea groups is 1. The molecule has 6 nitrogen and oxygen atoms in total. The van der Waals surface area contributed by atoms with E-state index in [1.165, 1.54) is 18.8 Å². The van der Waals surface area contributed by atoms with E-state index in [1.54, 1.807) is 48.5 Å². The number of hydrogen-bond acceptors (Lipinski definition) is 5. The Morgan fingerprint density at radius 2 is 1.64 bits per heavy atom. The van der Waals surface area contributed by atoms with Gasteiger partial charge in [0.2, 0.25) is 6.10 Å². The largest absolute Gasteiger partial charge is 0.444 e. The monoisotopic (exact) mass is 358 g/mol. The van der Waals surface area contributed by atoms with Crippen LogP contribution in [0.2, 0.25) is 0 Å². The molecular formula is C18H18N2O4S. The Kier molecular flexibility index (Phi) is 6.59. The van der Waals surface area contributed by atoms with Gasteiger partial charge in [-0.3, -0.25) is 10.1 Å². The lowest BCUT2D eigenvalue weighted by Crippen LogP contribution is -2.41. The van der Waals surface area contributed by atoms with Gasteiger partial charge in [0.15, 0.2) is 0 Å². The first kappa shape index (κ1) is 18.5. The van der Waals surface area contributed by atoms with Crippen LogP contribution in [0.4, 0.5) is 4.79 Å². The second-order valence-corrected chi connectivity index (χ2v) is 5.81. The number of benzene rings is 2. The quantitative estimate of drug-likeness (QED) is 0.634. The Morgan fingerprint density at radius 1 is 1.00 bits per heavy atom. The van der Waals surface area contributed by atoms with Crippen molar-refractivity contribution in [1.29, 1.82) is 0 Å². The summed E-state index contributed by atoms with van der Waals surface area (Å²) in [5.41, 5.74) is 0.836. The number of thioether (sulfide) groups is 1. The second kappa shape index (κ2) is 8.89. The molecule has 2 N–H and O–H groups in total. The van der Waals surface area contributed by atoms with Crippen LogP contribution in [0.25, 0.3) is 0 Å². The van der Waals surface area contributed by atoms with E-state index in [2.05, 4.69) is 10.6 Å². The van der Waals surface area contributed by atoms with Crippen molar-refractivity contribution in [2.45, 2.75) is 11.0 Å². The van der Waals surface area contributed by atoms with Crippen molar-refractivity contribution in [1.82, 2.24) is 10.6 Å². The second-order valence-electron chi connectivity index (χ2n) is 4.96. The van der Waals surface area contributed by atoms with Crippen molar-refractivity contribution in [2.24, 2.45) is 0 Å². The molecule has 1 atom stereocenters. The van der Waals surface area contributed by atoms with E-state index >= 15 is 0 Å². The molecule has 2 aromatic carbocycles. The molecule has 25 heavy (non-hydrogen) atoms. The summed E-state index contributed by atoms with van der Waals surface area (Å²) in [5.74, 6) is -1.36. The summed E-state index contributed by atoms with van der Waals surface area (Å²) in [6, 6.07) is 14.8. The van der Waals surface area contributed by atoms with Crippen molar-refractivity contribution in [3.63, 3.8) is 0 Å². The van der Waals surface area contributed by atoms with Gasteiger partial charge < -0.3 is 10.1 Å². The predicted molar refractivity (Wildman–Crippen MR) is 95.4 cm³/mol. The van der Waals surface area contributed by atoms with Gasteiger partial charge in [0.1, 0.15) is 0 Å². The van der Waals surface area contributed by atoms with Crippen LogP contribution in [0, 0.1) is 0 Å². The summed E-state index contributed by atoms with van der Waals surface area (Å²) < 4.78 is 5.43. The number of esters is 1. The number of imide groups is 1. The molecule has 7 heteroatoms. The standard InChI is InChI=1S/C18H18N2O4S/c1-19-18(23)20-16(21)15(12-8-4-3-5-9-12)24-17(22)13-10-6-7-11-14(13)25-2/h3-11,15H,1-2H3,(H2,19,20,21,23)/t15-/m1/s1. The normalized spacial score (nSPS) is 11.3. The molecule has 130 valence electrons. The van der Waals surface area contributed by atoms with E-state index in [4.69, 9.17) is 4.74 Å². The van der Waals surface area contributed by atoms with E-state index in [1.807, 2.05) is 12.3 Å². The molecule has 3 amide bonds. The van der Waals surface area contributed by atoms with Gasteiger partial charge in [-0.1, -0.05) is 42.5 Å². The van der Waals surface area contributed by atoms with Crippen molar-refractivity contribution in [2.75, 3.05) is 13.3 Å². The smallest absolute Gasteiger partial charge is 0.340 e. The summed E-state index contributed by atoms with van der Waals surface area (Å²) in [6.45, 7) is 0. The molecule has 0 aliphatic rings. The van der Waals surface area contributed by atoms with E-state index in [0.717, 1.165) is 4.90 Å². The number of ether oxygens (including phenoxy) is 1. The highest BCUT2D eigenvalue weighted by molar-refractivity contribution is 7.98. The molecule has 0 spiro atoms. The molecule has 2 rings (SSSR count). The van der Waals surface area contributed by atoms with Gasteiger partial charge in [0.05, 0.1) is 5.56 Å². The van der Waals surface area contributed by atoms with Gasteiger partial charge in [0.25, 0.3) is 5.91 Å². The lowest BCUT2D eigenvalue weighted by molar-refractivity contribution is -0.129. The van der Waals surface area contributed by atoms with E-state index < -0.39 is 24.0 Å². The average molecular weight is 358 g/mol. The third-order valence-electron chi connectivity index (χ3n) is 3.36. The summed E-state index contributed by atoms with van der Waals surface area (Å²) in [7, 11) is 1.39. The van der Waals surface area contributed by atoms with Crippen LogP contribution in [0.3, 0.4) is 0 Å². The van der Waals surface area contributed by atoms with Gasteiger partial charge in [0, 0.05) is 17.5 Å². The zero-order valence-electron chi connectivity index (χ0n) is 13.8. The Bertz CT molecular complexity index is 765. The third kappa shape index (κ3) is 4.84. The zero-order chi connectivity index (χ0) is 18.2. The number of rotatable bonds is 5. The van der Waals surface area contributed by atoms with Crippen LogP contribution in [0.15, 0.2) is 59.5 Å². The van der Waals surface area contributed by atoms with Crippen LogP contribution in [-0.4, -0.2) is 31.2 Å². The molecule has 0 saturated carbocycles. The molecule has 0 bridgehead atoms. The molecule has 0 heterocycles. The molecule has 0 radical (unpaired) electrons. The number of amides is 3. The first-order valence-electron chi connectivity index (χ1n) is 7.48. The fourth-order valence-electron chi connectivity index (χ4n) is 2.12. The predicted octanol–water partition coefficient (Wildman–Crippen LogP) is 2.76. The van der Waals surface area contributed by atoms with Gasteiger partial charge in [-0.2, -0.15) is 0 Å². The molecule has 0 aliphatic carbocycles. The SMILES string of the molecule is CNC(=O)NC(=O)[C@H](OC(=O)c1ccccc1SC)c1ccccc1. The van der Waals surface area contributed by atoms with Crippen LogP contribution in [0.1, 0.15) is 22.0 Å². The molecule has 0 saturated heterocycles. The summed E-state index contributed by atoms with van der Waals surface area (Å²) in [4.78, 5) is 37.1. The maximum Gasteiger partial charge on any atom is 0.340 e. The topological polar surface area (TPSA) is 84.5 Å². The van der Waals surface area contributed by atoms with E-state index in [0.29, 0.717) is 11.1 Å². The lowest BCUT2D eigenvalue weighted by Gasteiger charge is -2.18. The Balaban J connectivity index is 2.28. The van der Waals surface area contributed by atoms with Crippen LogP contribution in [0.5, 0.6) is 0 Å². The van der Waals surface area contributed by atoms with Gasteiger partial charge in [-0.25, -0.2) is 9.59 Å². The highest BCUT2D eigenvalue weighted by Crippen LogP contribution is 2.24. The molecule has 2 aromatic rings. The van der Waals surface area contributed by atoms with Gasteiger partial charge >= 0.3 is 12.0 Å². The zero-order valence-corrected chi connectivity index (χ0v) is 14.6. The molecule has 0 fully saturated rings. The van der Waals surface area contributed by atoms with Crippen molar-refractivity contribution in [3.05, 3.63) is 65.7 Å². The maximum absolute atomic E-state index is 12.6. The van der Waals surface area contributed by atoms with Crippen LogP contribution < -0.4 is 10.6 Å². The lowest BCUT2D eigenvalue weighted by atomic mass is 10.1. The van der Waals surface area contributed by atoms with Gasteiger partial charge in [-0.05, 0) is 18.4 Å². The average Bonchev–Trinajstić information content (AvgIpc) is 2.66. The Morgan fingerprint density at radius 3 is 2.28 bits per heavy atom. The minimum absolute atomic E-state index is 0.365. The fourth-order valence-corrected chi connectivity index (χ4v) is 2.71. The highest BCUT2D eigenvalue weighted by atomic mass is 32.2. The molecule has 0 aliphatic heterocycles. The van der Waals surface area contributed by atoms with Crippen molar-refractivity contribution >= 4 is 29.7 Å². The van der Waals surface area contributed by atoms with Gasteiger partial charge in [-0.15, -0.1) is 11.8 Å². The number of carbonyl (C=O) groups is 3. The van der Waals surface area contributed by atoms with Crippen LogP contribution >= 0.6 is 11.8 Å². The number of hydrogen-bond donors (Lipinski definition) is 2. The number of nitrogens with one attached hydrogen (secondary N) is 2. The minimum atomic E-state index is -1.24. The van der Waals surface area contributed by atoms with Crippen molar-refractivity contribution < 1.29 is 19.1 Å². The minimum Gasteiger partial charge on any atom is -0.444 e. The summed E-state index contributed by atoms with van der Waals surface area (Å²) >= 11 is 1.40. The Labute approximate surface area is 149 Å². The Hall–Kier alpha value is -2.80. The van der Waals surface area contributed by atoms with Crippen molar-refractivity contribution in [3.8, 4) is 0 Å². The molecule has 0 unspecified atom stereocenters. The van der Waals surface area contributed by atoms with E-state index in [-0.39, 0.29) is 0 Å². The van der Waals surface area contributed by atoms with Crippen LogP contribution in [-0.2, 0) is 9.53 Å². The molecular weight excluding hydrogens is 340 g/mol. The first-order valence-corrected chi connectivity index (χ1v) is 8.70. The number of carbonyl (C=O) groups excluding carboxylic acids is 3. The molecule has 0 aromatic heterocycles. The first-order chi connectivity index (χ1) is 12.1. The maximum atomic E-state index is 12.6. The third-order valence-corrected chi connectivity index (χ3v) is 4.15. The van der Waals surface area contributed by atoms with E-state index in [9.17, 15) is 14.4 Å². The highest BCUT2D eigenvalue weighted by Gasteiger charge is 2.27. The fraction of sp³-hybridized carbons (Fsp3) is 0.167.